The number of hydrogen-bond donors (Lipinski definition) is 2. The van der Waals surface area contributed by atoms with Crippen molar-refractivity contribution in [1.29, 1.82) is 0 Å². The third-order valence-corrected chi connectivity index (χ3v) is 4.07. The van der Waals surface area contributed by atoms with Crippen molar-refractivity contribution >= 4 is 24.0 Å². The summed E-state index contributed by atoms with van der Waals surface area (Å²) in [6.07, 6.45) is 3.93. The summed E-state index contributed by atoms with van der Waals surface area (Å²) in [6, 6.07) is 7.63. The Kier molecular flexibility index (Phi) is 7.87. The van der Waals surface area contributed by atoms with E-state index in [1.54, 1.807) is 0 Å². The van der Waals surface area contributed by atoms with Crippen molar-refractivity contribution in [3.63, 3.8) is 0 Å². The number of piperidine rings is 1. The number of likely N-dealkylation sites (tertiary alicyclic amines) is 1. The fourth-order valence-electron chi connectivity index (χ4n) is 2.65. The fraction of sp³-hybridized carbons (Fsp3) is 0.588. The molecule has 1 fully saturated rings. The Labute approximate surface area is 139 Å². The van der Waals surface area contributed by atoms with Gasteiger partial charge in [0.25, 0.3) is 0 Å². The maximum Gasteiger partial charge on any atom is 0.241 e. The predicted molar refractivity (Wildman–Crippen MR) is 94.3 cm³/mol. The van der Waals surface area contributed by atoms with Gasteiger partial charge in [0, 0.05) is 12.2 Å². The molecule has 1 aromatic rings. The Morgan fingerprint density at radius 3 is 2.59 bits per heavy atom. The highest BCUT2D eigenvalue weighted by molar-refractivity contribution is 5.94. The molecule has 1 amide bonds. The van der Waals surface area contributed by atoms with Gasteiger partial charge in [0.2, 0.25) is 5.91 Å². The van der Waals surface area contributed by atoms with E-state index in [9.17, 15) is 4.79 Å². The molecule has 1 aliphatic rings. The third kappa shape index (κ3) is 5.59. The maximum atomic E-state index is 12.0. The molecule has 1 heterocycles. The number of benzene rings is 1. The third-order valence-electron chi connectivity index (χ3n) is 4.07. The minimum absolute atomic E-state index is 0. The lowest BCUT2D eigenvalue weighted by Gasteiger charge is -2.26. The first-order valence-electron chi connectivity index (χ1n) is 7.94. The number of nitrogens with zero attached hydrogens (tertiary/aromatic N) is 1. The number of nitrogens with one attached hydrogen (secondary N) is 1. The smallest absolute Gasteiger partial charge is 0.241 e. The summed E-state index contributed by atoms with van der Waals surface area (Å²) in [5.41, 5.74) is 7.96. The molecule has 0 aromatic heterocycles. The molecule has 0 saturated carbocycles. The van der Waals surface area contributed by atoms with Crippen LogP contribution in [0.25, 0.3) is 0 Å². The first kappa shape index (κ1) is 18.9. The summed E-state index contributed by atoms with van der Waals surface area (Å²) < 4.78 is 0. The average molecular weight is 326 g/mol. The van der Waals surface area contributed by atoms with E-state index >= 15 is 0 Å². The molecule has 5 heteroatoms. The second-order valence-corrected chi connectivity index (χ2v) is 6.30. The van der Waals surface area contributed by atoms with Gasteiger partial charge in [-0.2, -0.15) is 0 Å². The van der Waals surface area contributed by atoms with Crippen LogP contribution in [-0.4, -0.2) is 29.9 Å². The van der Waals surface area contributed by atoms with Crippen LogP contribution in [0.2, 0.25) is 0 Å². The number of halogens is 1. The molecule has 22 heavy (non-hydrogen) atoms. The summed E-state index contributed by atoms with van der Waals surface area (Å²) >= 11 is 0. The molecule has 3 N–H and O–H groups in total. The van der Waals surface area contributed by atoms with E-state index in [1.165, 1.54) is 37.9 Å². The molecule has 1 aliphatic heterocycles. The van der Waals surface area contributed by atoms with Gasteiger partial charge in [-0.1, -0.05) is 32.4 Å². The van der Waals surface area contributed by atoms with E-state index in [0.717, 1.165) is 12.2 Å². The predicted octanol–water partition coefficient (Wildman–Crippen LogP) is 3.02. The van der Waals surface area contributed by atoms with E-state index in [-0.39, 0.29) is 24.2 Å². The van der Waals surface area contributed by atoms with Gasteiger partial charge in [0.15, 0.2) is 0 Å². The molecular formula is C17H28ClN3O. The van der Waals surface area contributed by atoms with Gasteiger partial charge in [-0.15, -0.1) is 12.4 Å². The molecule has 0 spiro atoms. The molecule has 0 aliphatic carbocycles. The van der Waals surface area contributed by atoms with Crippen LogP contribution in [0.4, 0.5) is 5.69 Å². The number of carbonyl (C=O) groups excluding carboxylic acids is 1. The van der Waals surface area contributed by atoms with Crippen LogP contribution in [0.5, 0.6) is 0 Å². The summed E-state index contributed by atoms with van der Waals surface area (Å²) in [4.78, 5) is 14.5. The summed E-state index contributed by atoms with van der Waals surface area (Å²) in [5, 5.41) is 2.92. The minimum atomic E-state index is -0.462. The highest BCUT2D eigenvalue weighted by Crippen LogP contribution is 2.16. The molecule has 0 unspecified atom stereocenters. The Morgan fingerprint density at radius 2 is 1.95 bits per heavy atom. The minimum Gasteiger partial charge on any atom is -0.325 e. The van der Waals surface area contributed by atoms with Crippen LogP contribution in [0.1, 0.15) is 38.7 Å². The molecule has 1 aromatic carbocycles. The molecular weight excluding hydrogens is 298 g/mol. The zero-order valence-electron chi connectivity index (χ0n) is 13.5. The van der Waals surface area contributed by atoms with E-state index in [4.69, 9.17) is 5.73 Å². The van der Waals surface area contributed by atoms with Crippen LogP contribution in [0, 0.1) is 5.92 Å². The van der Waals surface area contributed by atoms with E-state index in [2.05, 4.69) is 22.3 Å². The number of hydrogen-bond acceptors (Lipinski definition) is 3. The zero-order valence-corrected chi connectivity index (χ0v) is 14.4. The van der Waals surface area contributed by atoms with Gasteiger partial charge in [-0.3, -0.25) is 9.69 Å². The molecule has 4 nitrogen and oxygen atoms in total. The summed E-state index contributed by atoms with van der Waals surface area (Å²) in [6.45, 7) is 7.22. The second-order valence-electron chi connectivity index (χ2n) is 6.30. The standard InChI is InChI=1S/C17H27N3O.ClH/c1-13(2)16(18)17(21)19-15-8-6-7-14(11-15)12-20-9-4-3-5-10-20;/h6-8,11,13,16H,3-5,9-10,12,18H2,1-2H3,(H,19,21);1H/t16-;/m0./s1. The van der Waals surface area contributed by atoms with Gasteiger partial charge in [0.1, 0.15) is 0 Å². The van der Waals surface area contributed by atoms with Crippen LogP contribution >= 0.6 is 12.4 Å². The molecule has 0 radical (unpaired) electrons. The highest BCUT2D eigenvalue weighted by atomic mass is 35.5. The number of carbonyl (C=O) groups is 1. The van der Waals surface area contributed by atoms with E-state index in [0.29, 0.717) is 0 Å². The quantitative estimate of drug-likeness (QED) is 0.875. The second kappa shape index (κ2) is 9.13. The lowest BCUT2D eigenvalue weighted by atomic mass is 10.0. The van der Waals surface area contributed by atoms with Crippen LogP contribution in [0.3, 0.4) is 0 Å². The number of amides is 1. The first-order valence-corrected chi connectivity index (χ1v) is 7.94. The van der Waals surface area contributed by atoms with Gasteiger partial charge < -0.3 is 11.1 Å². The Hall–Kier alpha value is -1.10. The highest BCUT2D eigenvalue weighted by Gasteiger charge is 2.17. The van der Waals surface area contributed by atoms with Gasteiger partial charge in [-0.25, -0.2) is 0 Å². The number of anilines is 1. The zero-order chi connectivity index (χ0) is 15.2. The molecule has 1 saturated heterocycles. The lowest BCUT2D eigenvalue weighted by Crippen LogP contribution is -2.39. The van der Waals surface area contributed by atoms with Crippen LogP contribution < -0.4 is 11.1 Å². The van der Waals surface area contributed by atoms with E-state index < -0.39 is 6.04 Å². The van der Waals surface area contributed by atoms with Crippen molar-refractivity contribution in [2.24, 2.45) is 11.7 Å². The number of nitrogens with two attached hydrogens (primary N) is 1. The molecule has 1 atom stereocenters. The summed E-state index contributed by atoms with van der Waals surface area (Å²) in [7, 11) is 0. The van der Waals surface area contributed by atoms with Crippen molar-refractivity contribution in [2.45, 2.75) is 45.7 Å². The monoisotopic (exact) mass is 325 g/mol. The summed E-state index contributed by atoms with van der Waals surface area (Å²) in [5.74, 6) is 0.0293. The normalized spacial score (nSPS) is 16.9. The molecule has 0 bridgehead atoms. The van der Waals surface area contributed by atoms with Gasteiger partial charge >= 0.3 is 0 Å². The maximum absolute atomic E-state index is 12.0. The van der Waals surface area contributed by atoms with Crippen molar-refractivity contribution < 1.29 is 4.79 Å². The molecule has 2 rings (SSSR count). The van der Waals surface area contributed by atoms with Crippen LogP contribution in [0.15, 0.2) is 24.3 Å². The fourth-order valence-corrected chi connectivity index (χ4v) is 2.65. The van der Waals surface area contributed by atoms with Gasteiger partial charge in [0.05, 0.1) is 6.04 Å². The van der Waals surface area contributed by atoms with Crippen LogP contribution in [-0.2, 0) is 11.3 Å². The number of rotatable bonds is 5. The molecule has 124 valence electrons. The lowest BCUT2D eigenvalue weighted by molar-refractivity contribution is -0.118. The Bertz CT molecular complexity index is 473. The van der Waals surface area contributed by atoms with E-state index in [1.807, 2.05) is 26.0 Å². The van der Waals surface area contributed by atoms with Gasteiger partial charge in [-0.05, 0) is 49.5 Å². The SMILES string of the molecule is CC(C)[C@H](N)C(=O)Nc1cccc(CN2CCCCC2)c1.Cl. The Morgan fingerprint density at radius 1 is 1.27 bits per heavy atom. The Balaban J connectivity index is 0.00000242. The first-order chi connectivity index (χ1) is 10.1. The largest absolute Gasteiger partial charge is 0.325 e. The van der Waals surface area contributed by atoms with Crippen molar-refractivity contribution in [1.82, 2.24) is 4.90 Å². The van der Waals surface area contributed by atoms with Crippen molar-refractivity contribution in [3.8, 4) is 0 Å². The topological polar surface area (TPSA) is 58.4 Å². The average Bonchev–Trinajstić information content (AvgIpc) is 2.47. The van der Waals surface area contributed by atoms with Crippen molar-refractivity contribution in [2.75, 3.05) is 18.4 Å². The van der Waals surface area contributed by atoms with Crippen molar-refractivity contribution in [3.05, 3.63) is 29.8 Å².